The van der Waals surface area contributed by atoms with Gasteiger partial charge in [-0.1, -0.05) is 6.07 Å². The summed E-state index contributed by atoms with van der Waals surface area (Å²) in [6.07, 6.45) is -4.75. The van der Waals surface area contributed by atoms with Gasteiger partial charge in [0, 0.05) is 14.1 Å². The lowest BCUT2D eigenvalue weighted by atomic mass is 10.2. The lowest BCUT2D eigenvalue weighted by molar-refractivity contribution is -0.274. The summed E-state index contributed by atoms with van der Waals surface area (Å²) in [6, 6.07) is 3.69. The molecule has 0 saturated heterocycles. The van der Waals surface area contributed by atoms with Crippen molar-refractivity contribution in [3.63, 3.8) is 0 Å². The van der Waals surface area contributed by atoms with Crippen molar-refractivity contribution in [3.05, 3.63) is 23.8 Å². The summed E-state index contributed by atoms with van der Waals surface area (Å²) >= 11 is 0. The van der Waals surface area contributed by atoms with E-state index >= 15 is 0 Å². The molecule has 0 aliphatic carbocycles. The summed E-state index contributed by atoms with van der Waals surface area (Å²) in [5.41, 5.74) is 0.491. The number of hydrogen-bond donors (Lipinski definition) is 0. The maximum Gasteiger partial charge on any atom is 0.573 e. The molecule has 0 atom stereocenters. The van der Waals surface area contributed by atoms with Crippen LogP contribution in [-0.4, -0.2) is 20.5 Å². The number of ether oxygens (including phenoxy) is 1. The molecular formula is C10H11F4NO. The quantitative estimate of drug-likeness (QED) is 0.749. The molecule has 0 spiro atoms. The van der Waals surface area contributed by atoms with Crippen molar-refractivity contribution in [2.45, 2.75) is 13.0 Å². The van der Waals surface area contributed by atoms with E-state index in [1.165, 1.54) is 17.0 Å². The average molecular weight is 237 g/mol. The van der Waals surface area contributed by atoms with Crippen LogP contribution in [0.25, 0.3) is 0 Å². The van der Waals surface area contributed by atoms with Gasteiger partial charge in [0.25, 0.3) is 0 Å². The number of anilines is 1. The van der Waals surface area contributed by atoms with Gasteiger partial charge in [0.05, 0.1) is 5.69 Å². The van der Waals surface area contributed by atoms with E-state index in [4.69, 9.17) is 0 Å². The van der Waals surface area contributed by atoms with Gasteiger partial charge in [-0.05, 0) is 17.7 Å². The van der Waals surface area contributed by atoms with Crippen molar-refractivity contribution in [1.29, 1.82) is 0 Å². The van der Waals surface area contributed by atoms with Gasteiger partial charge in [-0.2, -0.15) is 0 Å². The van der Waals surface area contributed by atoms with Gasteiger partial charge in [0.15, 0.2) is 5.75 Å². The van der Waals surface area contributed by atoms with Gasteiger partial charge < -0.3 is 9.64 Å². The smallest absolute Gasteiger partial charge is 0.404 e. The minimum atomic E-state index is -4.75. The zero-order valence-corrected chi connectivity index (χ0v) is 8.81. The van der Waals surface area contributed by atoms with Crippen LogP contribution in [0.2, 0.25) is 0 Å². The molecule has 90 valence electrons. The second-order valence-electron chi connectivity index (χ2n) is 3.38. The Bertz CT molecular complexity index is 362. The first-order chi connectivity index (χ1) is 7.33. The van der Waals surface area contributed by atoms with Gasteiger partial charge >= 0.3 is 6.36 Å². The molecule has 1 rings (SSSR count). The monoisotopic (exact) mass is 237 g/mol. The molecule has 1 aromatic rings. The van der Waals surface area contributed by atoms with Crippen LogP contribution in [0.1, 0.15) is 5.56 Å². The Kier molecular flexibility index (Phi) is 3.62. The first-order valence-corrected chi connectivity index (χ1v) is 4.45. The highest BCUT2D eigenvalue weighted by molar-refractivity contribution is 5.59. The molecule has 0 aliphatic rings. The van der Waals surface area contributed by atoms with Crippen LogP contribution in [0.5, 0.6) is 5.75 Å². The van der Waals surface area contributed by atoms with Crippen LogP contribution in [0.15, 0.2) is 18.2 Å². The van der Waals surface area contributed by atoms with Crippen LogP contribution in [0.3, 0.4) is 0 Å². The van der Waals surface area contributed by atoms with Crippen LogP contribution in [0, 0.1) is 0 Å². The fraction of sp³-hybridized carbons (Fsp3) is 0.400. The fourth-order valence-electron chi connectivity index (χ4n) is 1.21. The summed E-state index contributed by atoms with van der Waals surface area (Å²) in [5, 5.41) is 0. The van der Waals surface area contributed by atoms with E-state index in [2.05, 4.69) is 4.74 Å². The predicted octanol–water partition coefficient (Wildman–Crippen LogP) is 3.12. The second kappa shape index (κ2) is 4.59. The van der Waals surface area contributed by atoms with Crippen LogP contribution in [0.4, 0.5) is 23.2 Å². The first kappa shape index (κ1) is 12.6. The molecule has 2 nitrogen and oxygen atoms in total. The van der Waals surface area contributed by atoms with Gasteiger partial charge in [0.2, 0.25) is 0 Å². The number of halogens is 4. The van der Waals surface area contributed by atoms with Crippen molar-refractivity contribution in [2.75, 3.05) is 19.0 Å². The summed E-state index contributed by atoms with van der Waals surface area (Å²) in [6.45, 7) is -0.729. The maximum atomic E-state index is 12.4. The number of alkyl halides is 4. The van der Waals surface area contributed by atoms with E-state index < -0.39 is 13.0 Å². The molecule has 0 fully saturated rings. The highest BCUT2D eigenvalue weighted by atomic mass is 19.4. The molecule has 16 heavy (non-hydrogen) atoms. The number of benzene rings is 1. The number of rotatable bonds is 3. The van der Waals surface area contributed by atoms with Gasteiger partial charge in [-0.3, -0.25) is 0 Å². The Morgan fingerprint density at radius 2 is 1.88 bits per heavy atom. The molecule has 0 unspecified atom stereocenters. The molecule has 6 heteroatoms. The molecule has 0 bridgehead atoms. The third-order valence-corrected chi connectivity index (χ3v) is 1.89. The van der Waals surface area contributed by atoms with Crippen molar-refractivity contribution in [2.24, 2.45) is 0 Å². The Morgan fingerprint density at radius 3 is 2.31 bits per heavy atom. The molecule has 0 saturated carbocycles. The predicted molar refractivity (Wildman–Crippen MR) is 52.3 cm³/mol. The molecular weight excluding hydrogens is 226 g/mol. The molecule has 0 aliphatic heterocycles. The summed E-state index contributed by atoms with van der Waals surface area (Å²) in [4.78, 5) is 1.43. The third-order valence-electron chi connectivity index (χ3n) is 1.89. The Balaban J connectivity index is 3.08. The van der Waals surface area contributed by atoms with E-state index in [-0.39, 0.29) is 11.4 Å². The van der Waals surface area contributed by atoms with Crippen molar-refractivity contribution in [1.82, 2.24) is 0 Å². The Labute approximate surface area is 90.4 Å². The molecule has 1 aromatic carbocycles. The average Bonchev–Trinajstić information content (AvgIpc) is 2.15. The molecule has 0 aromatic heterocycles. The molecule has 0 N–H and O–H groups in total. The summed E-state index contributed by atoms with van der Waals surface area (Å²) in [5.74, 6) is -0.338. The maximum absolute atomic E-state index is 12.4. The van der Waals surface area contributed by atoms with Crippen LogP contribution < -0.4 is 9.64 Å². The van der Waals surface area contributed by atoms with E-state index in [0.717, 1.165) is 6.07 Å². The van der Waals surface area contributed by atoms with Crippen LogP contribution >= 0.6 is 0 Å². The minimum Gasteiger partial charge on any atom is -0.404 e. The normalized spacial score (nSPS) is 11.4. The van der Waals surface area contributed by atoms with Gasteiger partial charge in [0.1, 0.15) is 6.67 Å². The van der Waals surface area contributed by atoms with Gasteiger partial charge in [-0.15, -0.1) is 13.2 Å². The fourth-order valence-corrected chi connectivity index (χ4v) is 1.21. The van der Waals surface area contributed by atoms with Crippen molar-refractivity contribution in [3.8, 4) is 5.75 Å². The van der Waals surface area contributed by atoms with Crippen molar-refractivity contribution >= 4 is 5.69 Å². The third kappa shape index (κ3) is 3.29. The largest absolute Gasteiger partial charge is 0.573 e. The van der Waals surface area contributed by atoms with E-state index in [0.29, 0.717) is 5.56 Å². The first-order valence-electron chi connectivity index (χ1n) is 4.45. The summed E-state index contributed by atoms with van der Waals surface area (Å²) in [7, 11) is 3.11. The van der Waals surface area contributed by atoms with E-state index in [1.807, 2.05) is 0 Å². The Morgan fingerprint density at radius 1 is 1.25 bits per heavy atom. The zero-order valence-electron chi connectivity index (χ0n) is 8.81. The Hall–Kier alpha value is -1.46. The standard InChI is InChI=1S/C10H11F4NO/c1-15(2)8-5-7(6-11)3-4-9(8)16-10(12,13)14/h3-5H,6H2,1-2H3. The lowest BCUT2D eigenvalue weighted by Gasteiger charge is -2.19. The zero-order chi connectivity index (χ0) is 12.3. The highest BCUT2D eigenvalue weighted by Crippen LogP contribution is 2.32. The lowest BCUT2D eigenvalue weighted by Crippen LogP contribution is -2.20. The van der Waals surface area contributed by atoms with Gasteiger partial charge in [-0.25, -0.2) is 4.39 Å². The van der Waals surface area contributed by atoms with E-state index in [1.54, 1.807) is 14.1 Å². The topological polar surface area (TPSA) is 12.5 Å². The second-order valence-corrected chi connectivity index (χ2v) is 3.38. The SMILES string of the molecule is CN(C)c1cc(CF)ccc1OC(F)(F)F. The number of hydrogen-bond acceptors (Lipinski definition) is 2. The van der Waals surface area contributed by atoms with Crippen LogP contribution in [-0.2, 0) is 6.67 Å². The molecule has 0 radical (unpaired) electrons. The molecule has 0 heterocycles. The van der Waals surface area contributed by atoms with E-state index in [9.17, 15) is 17.6 Å². The van der Waals surface area contributed by atoms with Crippen molar-refractivity contribution < 1.29 is 22.3 Å². The highest BCUT2D eigenvalue weighted by Gasteiger charge is 2.32. The minimum absolute atomic E-state index is 0.187. The summed E-state index contributed by atoms with van der Waals surface area (Å²) < 4.78 is 52.3. The number of nitrogens with zero attached hydrogens (tertiary/aromatic N) is 1. The molecule has 0 amide bonds.